The molecule has 2 rings (SSSR count). The number of ether oxygens (including phenoxy) is 2. The van der Waals surface area contributed by atoms with Crippen LogP contribution in [0, 0.1) is 11.6 Å². The molecule has 2 aromatic rings. The molecule has 0 spiro atoms. The number of rotatable bonds is 7. The van der Waals surface area contributed by atoms with E-state index in [2.05, 4.69) is 9.72 Å². The zero-order chi connectivity index (χ0) is 21.1. The zero-order valence-corrected chi connectivity index (χ0v) is 15.5. The Morgan fingerprint density at radius 2 is 1.93 bits per heavy atom. The normalized spacial score (nSPS) is 11.4. The fourth-order valence-corrected chi connectivity index (χ4v) is 2.50. The largest absolute Gasteiger partial charge is 0.471 e. The number of hydrogen-bond acceptors (Lipinski definition) is 6. The summed E-state index contributed by atoms with van der Waals surface area (Å²) in [4.78, 5) is 15.3. The Morgan fingerprint density at radius 1 is 1.25 bits per heavy atom. The zero-order valence-electron chi connectivity index (χ0n) is 13.9. The van der Waals surface area contributed by atoms with Crippen LogP contribution < -0.4 is 14.2 Å². The van der Waals surface area contributed by atoms with Crippen LogP contribution in [0.2, 0.25) is 5.02 Å². The third-order valence-electron chi connectivity index (χ3n) is 2.90. The van der Waals surface area contributed by atoms with Crippen molar-refractivity contribution in [2.24, 2.45) is 0 Å². The monoisotopic (exact) mass is 442 g/mol. The van der Waals surface area contributed by atoms with Crippen LogP contribution in [0.4, 0.5) is 17.6 Å². The van der Waals surface area contributed by atoms with Crippen molar-refractivity contribution in [1.29, 1.82) is 0 Å². The number of nitrogens with zero attached hydrogens (tertiary/aromatic N) is 1. The highest BCUT2D eigenvalue weighted by Crippen LogP contribution is 2.31. The van der Waals surface area contributed by atoms with Gasteiger partial charge in [-0.05, 0) is 6.07 Å². The Morgan fingerprint density at radius 3 is 2.50 bits per heavy atom. The average molecular weight is 443 g/mol. The van der Waals surface area contributed by atoms with E-state index in [1.807, 2.05) is 0 Å². The molecule has 1 N–H and O–H groups in total. The number of benzene rings is 1. The van der Waals surface area contributed by atoms with Gasteiger partial charge in [-0.15, -0.1) is 0 Å². The lowest BCUT2D eigenvalue weighted by molar-refractivity contribution is 0.0796. The maximum atomic E-state index is 14.1. The molecule has 0 aliphatic rings. The summed E-state index contributed by atoms with van der Waals surface area (Å²) < 4.78 is 85.7. The topological polar surface area (TPSA) is 94.6 Å². The second-order valence-electron chi connectivity index (χ2n) is 5.23. The van der Waals surface area contributed by atoms with Crippen LogP contribution in [0.5, 0.6) is 17.4 Å². The van der Waals surface area contributed by atoms with Gasteiger partial charge in [-0.25, -0.2) is 35.7 Å². The first-order valence-electron chi connectivity index (χ1n) is 7.22. The minimum atomic E-state index is -3.98. The van der Waals surface area contributed by atoms with Gasteiger partial charge < -0.3 is 9.47 Å². The van der Waals surface area contributed by atoms with Crippen LogP contribution in [0.15, 0.2) is 24.4 Å². The molecule has 0 aliphatic heterocycles. The first-order chi connectivity index (χ1) is 13.0. The lowest BCUT2D eigenvalue weighted by atomic mass is 10.2. The molecule has 0 fully saturated rings. The van der Waals surface area contributed by atoms with Crippen LogP contribution in [-0.2, 0) is 10.0 Å². The quantitative estimate of drug-likeness (QED) is 0.662. The average Bonchev–Trinajstić information content (AvgIpc) is 2.55. The smallest absolute Gasteiger partial charge is 0.272 e. The Labute approximate surface area is 161 Å². The van der Waals surface area contributed by atoms with Crippen molar-refractivity contribution in [3.63, 3.8) is 0 Å². The van der Waals surface area contributed by atoms with Crippen LogP contribution in [0.25, 0.3) is 0 Å². The van der Waals surface area contributed by atoms with Gasteiger partial charge in [0.25, 0.3) is 12.3 Å². The van der Waals surface area contributed by atoms with Crippen LogP contribution in [-0.4, -0.2) is 38.6 Å². The standard InChI is InChI=1S/C15H11ClF4N2O5S/c1-28(24,25)22-14(23)8-3-11(18)12(4-10(8)17)27-7-2-9(16)15(21-5-7)26-6-13(19)20/h2-5,13H,6H2,1H3,(H,22,23). The molecule has 0 saturated heterocycles. The lowest BCUT2D eigenvalue weighted by Crippen LogP contribution is -2.30. The number of aromatic nitrogens is 1. The molecular formula is C15H11ClF4N2O5S. The molecule has 152 valence electrons. The molecular weight excluding hydrogens is 432 g/mol. The van der Waals surface area contributed by atoms with Gasteiger partial charge in [0.15, 0.2) is 18.2 Å². The second kappa shape index (κ2) is 8.61. The fourth-order valence-electron chi connectivity index (χ4n) is 1.84. The molecule has 0 atom stereocenters. The number of halogens is 5. The molecule has 13 heteroatoms. The van der Waals surface area contributed by atoms with Crippen molar-refractivity contribution >= 4 is 27.5 Å². The molecule has 28 heavy (non-hydrogen) atoms. The summed E-state index contributed by atoms with van der Waals surface area (Å²) in [5, 5.41) is -0.219. The molecule has 7 nitrogen and oxygen atoms in total. The lowest BCUT2D eigenvalue weighted by Gasteiger charge is -2.11. The summed E-state index contributed by atoms with van der Waals surface area (Å²) in [6.07, 6.45) is -1.11. The van der Waals surface area contributed by atoms with E-state index in [0.29, 0.717) is 18.4 Å². The number of carbonyl (C=O) groups excluding carboxylic acids is 1. The first-order valence-corrected chi connectivity index (χ1v) is 9.48. The molecule has 1 aromatic heterocycles. The van der Waals surface area contributed by atoms with E-state index in [0.717, 1.165) is 12.3 Å². The summed E-state index contributed by atoms with van der Waals surface area (Å²) in [7, 11) is -3.98. The third-order valence-corrected chi connectivity index (χ3v) is 3.73. The van der Waals surface area contributed by atoms with Crippen molar-refractivity contribution in [1.82, 2.24) is 9.71 Å². The summed E-state index contributed by atoms with van der Waals surface area (Å²) in [5.41, 5.74) is -0.859. The predicted molar refractivity (Wildman–Crippen MR) is 89.5 cm³/mol. The van der Waals surface area contributed by atoms with E-state index in [4.69, 9.17) is 16.3 Å². The predicted octanol–water partition coefficient (Wildman–Crippen LogP) is 3.14. The summed E-state index contributed by atoms with van der Waals surface area (Å²) in [6, 6.07) is 2.03. The molecule has 1 heterocycles. The Bertz CT molecular complexity index is 1000. The number of carbonyl (C=O) groups is 1. The van der Waals surface area contributed by atoms with E-state index in [1.165, 1.54) is 4.72 Å². The highest BCUT2D eigenvalue weighted by molar-refractivity contribution is 7.89. The second-order valence-corrected chi connectivity index (χ2v) is 7.38. The van der Waals surface area contributed by atoms with Crippen LogP contribution >= 0.6 is 11.6 Å². The molecule has 1 amide bonds. The number of alkyl halides is 2. The number of amides is 1. The van der Waals surface area contributed by atoms with Gasteiger partial charge in [0.05, 0.1) is 18.0 Å². The molecule has 0 bridgehead atoms. The van der Waals surface area contributed by atoms with Crippen molar-refractivity contribution in [3.8, 4) is 17.4 Å². The minimum absolute atomic E-state index is 0.180. The summed E-state index contributed by atoms with van der Waals surface area (Å²) >= 11 is 5.79. The van der Waals surface area contributed by atoms with Crippen molar-refractivity contribution in [2.45, 2.75) is 6.43 Å². The van der Waals surface area contributed by atoms with Crippen molar-refractivity contribution < 1.29 is 40.2 Å². The number of pyridine rings is 1. The highest BCUT2D eigenvalue weighted by atomic mass is 35.5. The molecule has 1 aromatic carbocycles. The third kappa shape index (κ3) is 5.96. The van der Waals surface area contributed by atoms with Crippen LogP contribution in [0.3, 0.4) is 0 Å². The fraction of sp³-hybridized carbons (Fsp3) is 0.200. The van der Waals surface area contributed by atoms with E-state index >= 15 is 0 Å². The van der Waals surface area contributed by atoms with E-state index in [9.17, 15) is 30.8 Å². The van der Waals surface area contributed by atoms with Gasteiger partial charge >= 0.3 is 0 Å². The van der Waals surface area contributed by atoms with Gasteiger partial charge in [-0.3, -0.25) is 4.79 Å². The van der Waals surface area contributed by atoms with Crippen molar-refractivity contribution in [3.05, 3.63) is 46.6 Å². The van der Waals surface area contributed by atoms with Gasteiger partial charge in [-0.2, -0.15) is 0 Å². The van der Waals surface area contributed by atoms with Gasteiger partial charge in [0, 0.05) is 12.1 Å². The Hall–Kier alpha value is -2.60. The molecule has 0 unspecified atom stereocenters. The van der Waals surface area contributed by atoms with Gasteiger partial charge in [-0.1, -0.05) is 11.6 Å². The maximum absolute atomic E-state index is 14.1. The Kier molecular flexibility index (Phi) is 6.67. The van der Waals surface area contributed by atoms with Crippen LogP contribution in [0.1, 0.15) is 10.4 Å². The van der Waals surface area contributed by atoms with E-state index in [1.54, 1.807) is 0 Å². The minimum Gasteiger partial charge on any atom is -0.471 e. The van der Waals surface area contributed by atoms with Gasteiger partial charge in [0.2, 0.25) is 15.9 Å². The highest BCUT2D eigenvalue weighted by Gasteiger charge is 2.20. The maximum Gasteiger partial charge on any atom is 0.272 e. The number of hydrogen-bond donors (Lipinski definition) is 1. The van der Waals surface area contributed by atoms with Gasteiger partial charge in [0.1, 0.15) is 16.6 Å². The summed E-state index contributed by atoms with van der Waals surface area (Å²) in [6.45, 7) is -0.941. The molecule has 0 saturated carbocycles. The SMILES string of the molecule is CS(=O)(=O)NC(=O)c1cc(F)c(Oc2cnc(OCC(F)F)c(Cl)c2)cc1F. The first kappa shape index (κ1) is 21.7. The Balaban J connectivity index is 2.22. The van der Waals surface area contributed by atoms with E-state index < -0.39 is 51.9 Å². The van der Waals surface area contributed by atoms with Crippen molar-refractivity contribution in [2.75, 3.05) is 12.9 Å². The number of sulfonamides is 1. The summed E-state index contributed by atoms with van der Waals surface area (Å²) in [5.74, 6) is -4.96. The van der Waals surface area contributed by atoms with E-state index in [-0.39, 0.29) is 16.7 Å². The molecule has 0 aliphatic carbocycles. The molecule has 0 radical (unpaired) electrons. The number of nitrogens with one attached hydrogen (secondary N) is 1.